The van der Waals surface area contributed by atoms with Crippen LogP contribution in [0.2, 0.25) is 0 Å². The van der Waals surface area contributed by atoms with Crippen LogP contribution in [-0.2, 0) is 4.79 Å². The largest absolute Gasteiger partial charge is 0.399 e. The Kier molecular flexibility index (Phi) is 3.76. The number of rotatable bonds is 2. The summed E-state index contributed by atoms with van der Waals surface area (Å²) < 4.78 is 1.12. The molecular formula is C12H16IN3O. The van der Waals surface area contributed by atoms with Crippen LogP contribution < -0.4 is 16.4 Å². The summed E-state index contributed by atoms with van der Waals surface area (Å²) in [7, 11) is 0. The molecule has 1 saturated heterocycles. The first-order chi connectivity index (χ1) is 8.08. The maximum atomic E-state index is 11.2. The lowest BCUT2D eigenvalue weighted by Crippen LogP contribution is -2.41. The van der Waals surface area contributed by atoms with Gasteiger partial charge >= 0.3 is 0 Å². The molecule has 1 atom stereocenters. The predicted octanol–water partition coefficient (Wildman–Crippen LogP) is 1.58. The molecule has 1 aliphatic rings. The zero-order valence-corrected chi connectivity index (χ0v) is 11.7. The second-order valence-corrected chi connectivity index (χ2v) is 5.56. The number of hydrogen-bond donors (Lipinski definition) is 2. The molecule has 4 nitrogen and oxygen atoms in total. The van der Waals surface area contributed by atoms with Gasteiger partial charge in [0.25, 0.3) is 0 Å². The molecule has 1 aliphatic heterocycles. The molecule has 1 aromatic rings. The van der Waals surface area contributed by atoms with Gasteiger partial charge in [-0.05, 0) is 53.6 Å². The van der Waals surface area contributed by atoms with E-state index >= 15 is 0 Å². The fraction of sp³-hybridized carbons (Fsp3) is 0.417. The van der Waals surface area contributed by atoms with Gasteiger partial charge in [0.15, 0.2) is 0 Å². The standard InChI is InChI=1S/C12H16IN3O/c13-10-6-9(14)3-4-11(10)16-5-1-2-8(7-16)12(15)17/h3-4,6,8H,1-2,5,7,14H2,(H2,15,17). The van der Waals surface area contributed by atoms with Crippen molar-refractivity contribution in [2.24, 2.45) is 11.7 Å². The molecular weight excluding hydrogens is 329 g/mol. The summed E-state index contributed by atoms with van der Waals surface area (Å²) in [5.74, 6) is -0.225. The molecule has 92 valence electrons. The van der Waals surface area contributed by atoms with Crippen molar-refractivity contribution in [3.63, 3.8) is 0 Å². The van der Waals surface area contributed by atoms with Crippen molar-refractivity contribution in [3.8, 4) is 0 Å². The molecule has 0 aromatic heterocycles. The number of primary amides is 1. The van der Waals surface area contributed by atoms with Gasteiger partial charge in [-0.15, -0.1) is 0 Å². The average Bonchev–Trinajstić information content (AvgIpc) is 2.29. The average molecular weight is 345 g/mol. The highest BCUT2D eigenvalue weighted by atomic mass is 127. The number of anilines is 2. The summed E-state index contributed by atoms with van der Waals surface area (Å²) in [4.78, 5) is 13.5. The van der Waals surface area contributed by atoms with Crippen molar-refractivity contribution in [2.45, 2.75) is 12.8 Å². The highest BCUT2D eigenvalue weighted by Gasteiger charge is 2.24. The number of nitrogens with two attached hydrogens (primary N) is 2. The van der Waals surface area contributed by atoms with Crippen LogP contribution in [0.3, 0.4) is 0 Å². The van der Waals surface area contributed by atoms with E-state index < -0.39 is 0 Å². The minimum absolute atomic E-state index is 0.0305. The number of hydrogen-bond acceptors (Lipinski definition) is 3. The van der Waals surface area contributed by atoms with Crippen molar-refractivity contribution in [2.75, 3.05) is 23.7 Å². The summed E-state index contributed by atoms with van der Waals surface area (Å²) in [5, 5.41) is 0. The molecule has 1 unspecified atom stereocenters. The second kappa shape index (κ2) is 5.12. The number of carbonyl (C=O) groups is 1. The molecule has 0 radical (unpaired) electrons. The van der Waals surface area contributed by atoms with Crippen LogP contribution in [-0.4, -0.2) is 19.0 Å². The van der Waals surface area contributed by atoms with Crippen LogP contribution in [0.1, 0.15) is 12.8 Å². The number of carbonyl (C=O) groups excluding carboxylic acids is 1. The maximum absolute atomic E-state index is 11.2. The monoisotopic (exact) mass is 345 g/mol. The van der Waals surface area contributed by atoms with E-state index in [-0.39, 0.29) is 11.8 Å². The summed E-state index contributed by atoms with van der Waals surface area (Å²) in [5.41, 5.74) is 13.0. The van der Waals surface area contributed by atoms with Gasteiger partial charge in [-0.1, -0.05) is 0 Å². The highest BCUT2D eigenvalue weighted by Crippen LogP contribution is 2.28. The number of nitrogens with zero attached hydrogens (tertiary/aromatic N) is 1. The van der Waals surface area contributed by atoms with Crippen molar-refractivity contribution >= 4 is 39.9 Å². The minimum Gasteiger partial charge on any atom is -0.399 e. The summed E-state index contributed by atoms with van der Waals surface area (Å²) in [6, 6.07) is 5.86. The van der Waals surface area contributed by atoms with E-state index in [1.54, 1.807) is 0 Å². The third kappa shape index (κ3) is 2.83. The SMILES string of the molecule is NC(=O)C1CCCN(c2ccc(N)cc2I)C1. The van der Waals surface area contributed by atoms with Gasteiger partial charge < -0.3 is 16.4 Å². The Labute approximate surface area is 114 Å². The highest BCUT2D eigenvalue weighted by molar-refractivity contribution is 14.1. The van der Waals surface area contributed by atoms with Crippen molar-refractivity contribution in [1.82, 2.24) is 0 Å². The quantitative estimate of drug-likeness (QED) is 0.631. The number of nitrogen functional groups attached to an aromatic ring is 1. The fourth-order valence-corrected chi connectivity index (χ4v) is 3.09. The van der Waals surface area contributed by atoms with E-state index in [1.807, 2.05) is 18.2 Å². The molecule has 1 aromatic carbocycles. The van der Waals surface area contributed by atoms with E-state index in [9.17, 15) is 4.79 Å². The Hall–Kier alpha value is -0.980. The van der Waals surface area contributed by atoms with E-state index in [4.69, 9.17) is 11.5 Å². The minimum atomic E-state index is -0.194. The lowest BCUT2D eigenvalue weighted by molar-refractivity contribution is -0.122. The van der Waals surface area contributed by atoms with Crippen molar-refractivity contribution < 1.29 is 4.79 Å². The van der Waals surface area contributed by atoms with Crippen LogP contribution in [0.5, 0.6) is 0 Å². The lowest BCUT2D eigenvalue weighted by atomic mass is 9.97. The normalized spacial score (nSPS) is 20.3. The van der Waals surface area contributed by atoms with E-state index in [0.717, 1.165) is 40.9 Å². The molecule has 17 heavy (non-hydrogen) atoms. The fourth-order valence-electron chi connectivity index (χ4n) is 2.21. The van der Waals surface area contributed by atoms with Crippen LogP contribution >= 0.6 is 22.6 Å². The summed E-state index contributed by atoms with van der Waals surface area (Å²) in [6.07, 6.45) is 1.91. The zero-order chi connectivity index (χ0) is 12.4. The first-order valence-corrected chi connectivity index (χ1v) is 6.75. The van der Waals surface area contributed by atoms with Gasteiger partial charge in [-0.25, -0.2) is 0 Å². The Bertz CT molecular complexity index is 436. The van der Waals surface area contributed by atoms with E-state index in [2.05, 4.69) is 27.5 Å². The molecule has 1 heterocycles. The second-order valence-electron chi connectivity index (χ2n) is 4.40. The molecule has 0 aliphatic carbocycles. The third-order valence-electron chi connectivity index (χ3n) is 3.14. The predicted molar refractivity (Wildman–Crippen MR) is 77.7 cm³/mol. The number of amides is 1. The van der Waals surface area contributed by atoms with Gasteiger partial charge in [0.1, 0.15) is 0 Å². The van der Waals surface area contributed by atoms with Crippen LogP contribution in [0.25, 0.3) is 0 Å². The Morgan fingerprint density at radius 2 is 2.24 bits per heavy atom. The van der Waals surface area contributed by atoms with Gasteiger partial charge in [0.2, 0.25) is 5.91 Å². The summed E-state index contributed by atoms with van der Waals surface area (Å²) >= 11 is 2.27. The van der Waals surface area contributed by atoms with Gasteiger partial charge in [-0.2, -0.15) is 0 Å². The van der Waals surface area contributed by atoms with E-state index in [0.29, 0.717) is 0 Å². The molecule has 5 heteroatoms. The van der Waals surface area contributed by atoms with Crippen molar-refractivity contribution in [1.29, 1.82) is 0 Å². The topological polar surface area (TPSA) is 72.4 Å². The Morgan fingerprint density at radius 1 is 1.47 bits per heavy atom. The third-order valence-corrected chi connectivity index (χ3v) is 4.00. The first kappa shape index (κ1) is 12.5. The molecule has 0 bridgehead atoms. The van der Waals surface area contributed by atoms with Crippen molar-refractivity contribution in [3.05, 3.63) is 21.8 Å². The maximum Gasteiger partial charge on any atom is 0.222 e. The molecule has 4 N–H and O–H groups in total. The number of halogens is 1. The molecule has 0 spiro atoms. The van der Waals surface area contributed by atoms with Gasteiger partial charge in [0, 0.05) is 22.3 Å². The number of piperidine rings is 1. The molecule has 1 fully saturated rings. The lowest BCUT2D eigenvalue weighted by Gasteiger charge is -2.33. The Balaban J connectivity index is 2.19. The first-order valence-electron chi connectivity index (χ1n) is 5.67. The molecule has 0 saturated carbocycles. The zero-order valence-electron chi connectivity index (χ0n) is 9.53. The molecule has 1 amide bonds. The van der Waals surface area contributed by atoms with Gasteiger partial charge in [-0.3, -0.25) is 4.79 Å². The van der Waals surface area contributed by atoms with Gasteiger partial charge in [0.05, 0.1) is 11.6 Å². The van der Waals surface area contributed by atoms with Crippen LogP contribution in [0, 0.1) is 9.49 Å². The van der Waals surface area contributed by atoms with E-state index in [1.165, 1.54) is 0 Å². The Morgan fingerprint density at radius 3 is 2.88 bits per heavy atom. The number of benzene rings is 1. The van der Waals surface area contributed by atoms with Crippen LogP contribution in [0.4, 0.5) is 11.4 Å². The van der Waals surface area contributed by atoms with Crippen LogP contribution in [0.15, 0.2) is 18.2 Å². The summed E-state index contributed by atoms with van der Waals surface area (Å²) in [6.45, 7) is 1.69. The smallest absolute Gasteiger partial charge is 0.222 e. The molecule has 2 rings (SSSR count).